The number of fused-ring (bicyclic) bond motifs is 2. The highest BCUT2D eigenvalue weighted by Crippen LogP contribution is 2.38. The second-order valence-electron chi connectivity index (χ2n) is 9.78. The van der Waals surface area contributed by atoms with Crippen molar-refractivity contribution in [1.82, 2.24) is 19.5 Å². The second-order valence-corrected chi connectivity index (χ2v) is 10.2. The quantitative estimate of drug-likeness (QED) is 0.470. The Morgan fingerprint density at radius 1 is 1.19 bits per heavy atom. The normalized spacial score (nSPS) is 23.0. The number of halogens is 1. The predicted molar refractivity (Wildman–Crippen MR) is 138 cm³/mol. The van der Waals surface area contributed by atoms with Crippen molar-refractivity contribution >= 4 is 34.6 Å². The summed E-state index contributed by atoms with van der Waals surface area (Å²) in [6, 6.07) is 3.20. The van der Waals surface area contributed by atoms with Gasteiger partial charge in [0.25, 0.3) is 0 Å². The SMILES string of the molecule is CC1CCC(Cn2c(N3C=COC4=CC=C[C@H]43)nc3cc(C(=O)O)nc(-c4cncc(Cl)c4)c32)CC1. The first kappa shape index (κ1) is 22.8. The van der Waals surface area contributed by atoms with Gasteiger partial charge in [0.05, 0.1) is 21.7 Å². The van der Waals surface area contributed by atoms with Crippen LogP contribution in [-0.2, 0) is 11.3 Å². The third kappa shape index (κ3) is 4.05. The zero-order valence-electron chi connectivity index (χ0n) is 19.8. The molecule has 36 heavy (non-hydrogen) atoms. The first-order chi connectivity index (χ1) is 17.5. The fourth-order valence-corrected chi connectivity index (χ4v) is 5.56. The van der Waals surface area contributed by atoms with Crippen LogP contribution in [0.4, 0.5) is 5.95 Å². The molecule has 0 spiro atoms. The van der Waals surface area contributed by atoms with E-state index in [0.29, 0.717) is 27.7 Å². The maximum absolute atomic E-state index is 12.0. The van der Waals surface area contributed by atoms with Crippen LogP contribution in [0.25, 0.3) is 22.3 Å². The summed E-state index contributed by atoms with van der Waals surface area (Å²) >= 11 is 6.27. The van der Waals surface area contributed by atoms with Crippen molar-refractivity contribution in [1.29, 1.82) is 0 Å². The zero-order valence-corrected chi connectivity index (χ0v) is 20.6. The van der Waals surface area contributed by atoms with E-state index in [1.165, 1.54) is 12.8 Å². The van der Waals surface area contributed by atoms with Crippen molar-refractivity contribution in [3.63, 3.8) is 0 Å². The number of pyridine rings is 2. The molecule has 1 atom stereocenters. The fourth-order valence-electron chi connectivity index (χ4n) is 5.38. The van der Waals surface area contributed by atoms with Gasteiger partial charge in [-0.25, -0.2) is 14.8 Å². The Morgan fingerprint density at radius 2 is 2.03 bits per heavy atom. The average Bonchev–Trinajstić information content (AvgIpc) is 3.50. The van der Waals surface area contributed by atoms with E-state index in [9.17, 15) is 9.90 Å². The number of aromatic nitrogens is 4. The van der Waals surface area contributed by atoms with Crippen molar-refractivity contribution in [3.8, 4) is 11.3 Å². The molecule has 2 aliphatic carbocycles. The van der Waals surface area contributed by atoms with Crippen molar-refractivity contribution in [2.24, 2.45) is 11.8 Å². The monoisotopic (exact) mass is 503 g/mol. The number of anilines is 1. The molecule has 0 saturated heterocycles. The minimum Gasteiger partial charge on any atom is -0.477 e. The second kappa shape index (κ2) is 9.09. The Hall–Kier alpha value is -3.65. The minimum atomic E-state index is -1.11. The topological polar surface area (TPSA) is 93.4 Å². The largest absolute Gasteiger partial charge is 0.477 e. The van der Waals surface area contributed by atoms with Crippen LogP contribution >= 0.6 is 11.6 Å². The van der Waals surface area contributed by atoms with Gasteiger partial charge in [0.1, 0.15) is 18.1 Å². The molecule has 184 valence electrons. The molecular formula is C27H26ClN5O3. The standard InChI is InChI=1S/C27H26ClN5O3/c1-16-5-7-17(8-6-16)15-33-25-20(31-27(33)32-9-10-36-23-4-2-3-22(23)32)12-21(26(34)35)30-24(25)18-11-19(28)14-29-13-18/h2-4,9-14,16-17,22H,5-8,15H2,1H3,(H,34,35)/t16?,17?,22-/m1/s1. The number of carboxylic acid groups (broad SMARTS) is 1. The van der Waals surface area contributed by atoms with Crippen LogP contribution in [0.3, 0.4) is 0 Å². The van der Waals surface area contributed by atoms with E-state index >= 15 is 0 Å². The van der Waals surface area contributed by atoms with Crippen LogP contribution in [0, 0.1) is 11.8 Å². The summed E-state index contributed by atoms with van der Waals surface area (Å²) < 4.78 is 7.91. The Balaban J connectivity index is 1.58. The lowest BCUT2D eigenvalue weighted by Crippen LogP contribution is -2.35. The molecular weight excluding hydrogens is 478 g/mol. The Kier molecular flexibility index (Phi) is 5.76. The van der Waals surface area contributed by atoms with Gasteiger partial charge in [-0.1, -0.05) is 43.5 Å². The van der Waals surface area contributed by atoms with Gasteiger partial charge in [-0.05, 0) is 42.9 Å². The highest BCUT2D eigenvalue weighted by Gasteiger charge is 2.32. The molecule has 1 saturated carbocycles. The van der Waals surface area contributed by atoms with Crippen molar-refractivity contribution in [2.75, 3.05) is 4.90 Å². The van der Waals surface area contributed by atoms with Crippen molar-refractivity contribution in [2.45, 2.75) is 45.2 Å². The maximum Gasteiger partial charge on any atom is 0.354 e. The molecule has 0 radical (unpaired) electrons. The van der Waals surface area contributed by atoms with E-state index in [1.807, 2.05) is 18.4 Å². The van der Waals surface area contributed by atoms with Gasteiger partial charge in [-0.15, -0.1) is 0 Å². The molecule has 0 aromatic carbocycles. The molecule has 3 aromatic rings. The summed E-state index contributed by atoms with van der Waals surface area (Å²) in [6.07, 6.45) is 17.4. The van der Waals surface area contributed by atoms with Crippen LogP contribution in [0.5, 0.6) is 0 Å². The molecule has 9 heteroatoms. The summed E-state index contributed by atoms with van der Waals surface area (Å²) in [5.74, 6) is 1.67. The van der Waals surface area contributed by atoms with E-state index in [1.54, 1.807) is 30.8 Å². The number of carbonyl (C=O) groups is 1. The summed E-state index contributed by atoms with van der Waals surface area (Å²) in [7, 11) is 0. The number of carboxylic acids is 1. The smallest absolute Gasteiger partial charge is 0.354 e. The Morgan fingerprint density at radius 3 is 2.81 bits per heavy atom. The lowest BCUT2D eigenvalue weighted by atomic mass is 9.83. The number of rotatable bonds is 5. The number of ether oxygens (including phenoxy) is 1. The Labute approximate surface area is 213 Å². The highest BCUT2D eigenvalue weighted by atomic mass is 35.5. The van der Waals surface area contributed by atoms with Gasteiger partial charge in [-0.3, -0.25) is 4.98 Å². The van der Waals surface area contributed by atoms with Crippen LogP contribution in [0.2, 0.25) is 5.02 Å². The maximum atomic E-state index is 12.0. The number of hydrogen-bond donors (Lipinski definition) is 1. The average molecular weight is 504 g/mol. The van der Waals surface area contributed by atoms with Crippen LogP contribution in [-0.4, -0.2) is 36.6 Å². The molecule has 1 aliphatic heterocycles. The Bertz CT molecular complexity index is 1430. The van der Waals surface area contributed by atoms with Crippen LogP contribution < -0.4 is 4.90 Å². The molecule has 3 aromatic heterocycles. The van der Waals surface area contributed by atoms with E-state index in [4.69, 9.17) is 21.3 Å². The van der Waals surface area contributed by atoms with Gasteiger partial charge >= 0.3 is 5.97 Å². The lowest BCUT2D eigenvalue weighted by molar-refractivity contribution is 0.0691. The molecule has 1 fully saturated rings. The summed E-state index contributed by atoms with van der Waals surface area (Å²) in [5.41, 5.74) is 2.45. The van der Waals surface area contributed by atoms with Gasteiger partial charge in [0.2, 0.25) is 5.95 Å². The fraction of sp³-hybridized carbons (Fsp3) is 0.333. The van der Waals surface area contributed by atoms with E-state index in [2.05, 4.69) is 32.4 Å². The lowest BCUT2D eigenvalue weighted by Gasteiger charge is -2.32. The number of allylic oxidation sites excluding steroid dienone is 2. The van der Waals surface area contributed by atoms with E-state index < -0.39 is 5.97 Å². The first-order valence-electron chi connectivity index (χ1n) is 12.2. The molecule has 1 N–H and O–H groups in total. The highest BCUT2D eigenvalue weighted by molar-refractivity contribution is 6.30. The van der Waals surface area contributed by atoms with Crippen LogP contribution in [0.15, 0.2) is 61.0 Å². The van der Waals surface area contributed by atoms with Gasteiger partial charge in [0.15, 0.2) is 5.69 Å². The number of nitrogens with zero attached hydrogens (tertiary/aromatic N) is 5. The zero-order chi connectivity index (χ0) is 24.8. The molecule has 3 aliphatic rings. The van der Waals surface area contributed by atoms with Crippen molar-refractivity contribution < 1.29 is 14.6 Å². The minimum absolute atomic E-state index is 0.0703. The third-order valence-corrected chi connectivity index (χ3v) is 7.49. The van der Waals surface area contributed by atoms with Gasteiger partial charge in [0, 0.05) is 30.7 Å². The predicted octanol–water partition coefficient (Wildman–Crippen LogP) is 5.80. The van der Waals surface area contributed by atoms with E-state index in [-0.39, 0.29) is 11.7 Å². The van der Waals surface area contributed by atoms with Crippen molar-refractivity contribution in [3.05, 3.63) is 71.7 Å². The molecule has 6 rings (SSSR count). The van der Waals surface area contributed by atoms with E-state index in [0.717, 1.165) is 42.5 Å². The third-order valence-electron chi connectivity index (χ3n) is 7.28. The summed E-state index contributed by atoms with van der Waals surface area (Å²) in [5, 5.41) is 10.3. The van der Waals surface area contributed by atoms with Gasteiger partial charge in [-0.2, -0.15) is 0 Å². The van der Waals surface area contributed by atoms with Gasteiger partial charge < -0.3 is 19.3 Å². The molecule has 0 unspecified atom stereocenters. The number of imidazole rings is 1. The molecule has 8 nitrogen and oxygen atoms in total. The van der Waals surface area contributed by atoms with Crippen LogP contribution in [0.1, 0.15) is 43.1 Å². The summed E-state index contributed by atoms with van der Waals surface area (Å²) in [4.78, 5) is 27.8. The number of aromatic carboxylic acids is 1. The molecule has 4 heterocycles. The number of hydrogen-bond acceptors (Lipinski definition) is 6. The summed E-state index contributed by atoms with van der Waals surface area (Å²) in [6.45, 7) is 3.07. The molecule has 0 amide bonds. The first-order valence-corrected chi connectivity index (χ1v) is 12.6. The molecule has 0 bridgehead atoms.